The smallest absolute Gasteiger partial charge is 0.251 e. The third kappa shape index (κ3) is 3.85. The van der Waals surface area contributed by atoms with Gasteiger partial charge in [-0.05, 0) is 35.9 Å². The van der Waals surface area contributed by atoms with E-state index in [4.69, 9.17) is 4.74 Å². The summed E-state index contributed by atoms with van der Waals surface area (Å²) in [6, 6.07) is 16.7. The lowest BCUT2D eigenvalue weighted by atomic mass is 10.1. The minimum Gasteiger partial charge on any atom is -0.497 e. The van der Waals surface area contributed by atoms with E-state index >= 15 is 0 Å². The van der Waals surface area contributed by atoms with E-state index in [1.54, 1.807) is 19.2 Å². The van der Waals surface area contributed by atoms with Gasteiger partial charge in [-0.1, -0.05) is 24.3 Å². The molecule has 0 radical (unpaired) electrons. The van der Waals surface area contributed by atoms with Crippen LogP contribution in [0.5, 0.6) is 5.75 Å². The van der Waals surface area contributed by atoms with E-state index in [0.717, 1.165) is 28.3 Å². The molecule has 5 nitrogen and oxygen atoms in total. The highest BCUT2D eigenvalue weighted by Gasteiger charge is 2.09. The van der Waals surface area contributed by atoms with Gasteiger partial charge in [0.25, 0.3) is 5.91 Å². The lowest BCUT2D eigenvalue weighted by Gasteiger charge is -2.03. The Hall–Kier alpha value is -3.15. The summed E-state index contributed by atoms with van der Waals surface area (Å²) in [6.07, 6.45) is 0. The number of rotatable bonds is 6. The summed E-state index contributed by atoms with van der Waals surface area (Å²) in [5, 5.41) is 9.83. The molecule has 0 saturated carbocycles. The van der Waals surface area contributed by atoms with Crippen molar-refractivity contribution in [1.82, 2.24) is 15.5 Å². The molecular formula is C19H18FN3O2. The fraction of sp³-hybridized carbons (Fsp3) is 0.158. The van der Waals surface area contributed by atoms with Gasteiger partial charge in [-0.3, -0.25) is 9.89 Å². The van der Waals surface area contributed by atoms with Gasteiger partial charge in [0, 0.05) is 17.7 Å². The maximum absolute atomic E-state index is 12.1. The van der Waals surface area contributed by atoms with Crippen LogP contribution in [-0.2, 0) is 0 Å². The molecule has 2 aromatic carbocycles. The molecule has 3 rings (SSSR count). The van der Waals surface area contributed by atoms with Gasteiger partial charge in [-0.2, -0.15) is 5.10 Å². The first-order chi connectivity index (χ1) is 12.2. The van der Waals surface area contributed by atoms with Crippen LogP contribution in [0.25, 0.3) is 22.5 Å². The Morgan fingerprint density at radius 3 is 2.68 bits per heavy atom. The molecule has 2 N–H and O–H groups in total. The van der Waals surface area contributed by atoms with Crippen LogP contribution in [0.4, 0.5) is 4.39 Å². The fourth-order valence-electron chi connectivity index (χ4n) is 2.46. The lowest BCUT2D eigenvalue weighted by Crippen LogP contribution is -2.25. The number of aromatic amines is 1. The van der Waals surface area contributed by atoms with Gasteiger partial charge >= 0.3 is 0 Å². The third-order valence-electron chi connectivity index (χ3n) is 3.78. The van der Waals surface area contributed by atoms with E-state index in [-0.39, 0.29) is 12.5 Å². The standard InChI is InChI=1S/C19H18FN3O2/c1-25-16-4-2-3-15(11-16)18-12-17(22-23-18)13-5-7-14(8-6-13)19(24)21-10-9-20/h2-8,11-12H,9-10H2,1H3,(H,21,24)(H,22,23). The minimum absolute atomic E-state index is 0.0189. The molecule has 0 fully saturated rings. The maximum atomic E-state index is 12.1. The van der Waals surface area contributed by atoms with Gasteiger partial charge in [0.15, 0.2) is 0 Å². The van der Waals surface area contributed by atoms with Crippen LogP contribution in [0.2, 0.25) is 0 Å². The van der Waals surface area contributed by atoms with Crippen LogP contribution in [0.15, 0.2) is 54.6 Å². The average Bonchev–Trinajstić information content (AvgIpc) is 3.16. The molecule has 6 heteroatoms. The number of benzene rings is 2. The molecule has 1 amide bonds. The fourth-order valence-corrected chi connectivity index (χ4v) is 2.46. The number of hydrogen-bond acceptors (Lipinski definition) is 3. The SMILES string of the molecule is COc1cccc(-c2cc(-c3ccc(C(=O)NCCF)cc3)[nH]n2)c1. The molecule has 128 valence electrons. The van der Waals surface area contributed by atoms with Crippen LogP contribution >= 0.6 is 0 Å². The summed E-state index contributed by atoms with van der Waals surface area (Å²) in [5.74, 6) is 0.483. The highest BCUT2D eigenvalue weighted by molar-refractivity contribution is 5.94. The molecule has 0 atom stereocenters. The molecule has 0 aliphatic heterocycles. The highest BCUT2D eigenvalue weighted by Crippen LogP contribution is 2.26. The number of ether oxygens (including phenoxy) is 1. The zero-order valence-corrected chi connectivity index (χ0v) is 13.8. The number of alkyl halides is 1. The van der Waals surface area contributed by atoms with E-state index in [2.05, 4.69) is 15.5 Å². The Morgan fingerprint density at radius 1 is 1.16 bits per heavy atom. The van der Waals surface area contributed by atoms with E-state index in [1.807, 2.05) is 42.5 Å². The number of carbonyl (C=O) groups excluding carboxylic acids is 1. The maximum Gasteiger partial charge on any atom is 0.251 e. The van der Waals surface area contributed by atoms with Crippen molar-refractivity contribution in [3.63, 3.8) is 0 Å². The van der Waals surface area contributed by atoms with Crippen molar-refractivity contribution in [2.24, 2.45) is 0 Å². The molecular weight excluding hydrogens is 321 g/mol. The molecule has 0 aliphatic rings. The van der Waals surface area contributed by atoms with E-state index in [1.165, 1.54) is 0 Å². The second kappa shape index (κ2) is 7.61. The first-order valence-corrected chi connectivity index (χ1v) is 7.85. The molecule has 0 unspecified atom stereocenters. The van der Waals surface area contributed by atoms with Crippen molar-refractivity contribution in [3.8, 4) is 28.3 Å². The van der Waals surface area contributed by atoms with Gasteiger partial charge in [0.05, 0.1) is 18.5 Å². The lowest BCUT2D eigenvalue weighted by molar-refractivity contribution is 0.0951. The quantitative estimate of drug-likeness (QED) is 0.723. The molecule has 0 spiro atoms. The number of carbonyl (C=O) groups is 1. The number of aromatic nitrogens is 2. The number of methoxy groups -OCH3 is 1. The van der Waals surface area contributed by atoms with Gasteiger partial charge in [-0.15, -0.1) is 0 Å². The van der Waals surface area contributed by atoms with Crippen LogP contribution < -0.4 is 10.1 Å². The number of H-pyrrole nitrogens is 1. The Bertz CT molecular complexity index is 859. The minimum atomic E-state index is -0.578. The topological polar surface area (TPSA) is 67.0 Å². The van der Waals surface area contributed by atoms with Gasteiger partial charge in [0.1, 0.15) is 12.4 Å². The zero-order chi connectivity index (χ0) is 17.6. The molecule has 0 aliphatic carbocycles. The van der Waals surface area contributed by atoms with Crippen LogP contribution in [0.1, 0.15) is 10.4 Å². The molecule has 0 saturated heterocycles. The van der Waals surface area contributed by atoms with Gasteiger partial charge in [0.2, 0.25) is 0 Å². The Morgan fingerprint density at radius 2 is 1.96 bits per heavy atom. The Balaban J connectivity index is 1.79. The summed E-state index contributed by atoms with van der Waals surface area (Å²) < 4.78 is 17.3. The first kappa shape index (κ1) is 16.7. The number of halogens is 1. The van der Waals surface area contributed by atoms with Crippen LogP contribution in [-0.4, -0.2) is 36.4 Å². The predicted molar refractivity (Wildman–Crippen MR) is 94.3 cm³/mol. The van der Waals surface area contributed by atoms with Crippen LogP contribution in [0.3, 0.4) is 0 Å². The highest BCUT2D eigenvalue weighted by atomic mass is 19.1. The Kier molecular flexibility index (Phi) is 5.09. The van der Waals surface area contributed by atoms with E-state index in [9.17, 15) is 9.18 Å². The van der Waals surface area contributed by atoms with Crippen molar-refractivity contribution < 1.29 is 13.9 Å². The van der Waals surface area contributed by atoms with Crippen molar-refractivity contribution in [1.29, 1.82) is 0 Å². The van der Waals surface area contributed by atoms with Crippen LogP contribution in [0, 0.1) is 0 Å². The number of nitrogens with one attached hydrogen (secondary N) is 2. The summed E-state index contributed by atoms with van der Waals surface area (Å²) in [5.41, 5.74) is 3.99. The van der Waals surface area contributed by atoms with E-state index < -0.39 is 6.67 Å². The number of hydrogen-bond donors (Lipinski definition) is 2. The summed E-state index contributed by atoms with van der Waals surface area (Å²) in [4.78, 5) is 11.8. The third-order valence-corrected chi connectivity index (χ3v) is 3.78. The zero-order valence-electron chi connectivity index (χ0n) is 13.8. The average molecular weight is 339 g/mol. The number of amides is 1. The summed E-state index contributed by atoms with van der Waals surface area (Å²) in [7, 11) is 1.63. The summed E-state index contributed by atoms with van der Waals surface area (Å²) in [6.45, 7) is -0.559. The van der Waals surface area contributed by atoms with Gasteiger partial charge in [-0.25, -0.2) is 4.39 Å². The predicted octanol–water partition coefficient (Wildman–Crippen LogP) is 3.45. The molecule has 0 bridgehead atoms. The second-order valence-corrected chi connectivity index (χ2v) is 5.42. The van der Waals surface area contributed by atoms with E-state index in [0.29, 0.717) is 5.56 Å². The summed E-state index contributed by atoms with van der Waals surface area (Å²) >= 11 is 0. The monoisotopic (exact) mass is 339 g/mol. The van der Waals surface area contributed by atoms with Crippen molar-refractivity contribution in [2.45, 2.75) is 0 Å². The molecule has 3 aromatic rings. The van der Waals surface area contributed by atoms with Crippen molar-refractivity contribution >= 4 is 5.91 Å². The molecule has 25 heavy (non-hydrogen) atoms. The van der Waals surface area contributed by atoms with Gasteiger partial charge < -0.3 is 10.1 Å². The first-order valence-electron chi connectivity index (χ1n) is 7.85. The molecule has 1 heterocycles. The largest absolute Gasteiger partial charge is 0.497 e. The second-order valence-electron chi connectivity index (χ2n) is 5.42. The molecule has 1 aromatic heterocycles. The van der Waals surface area contributed by atoms with Crippen molar-refractivity contribution in [2.75, 3.05) is 20.3 Å². The van der Waals surface area contributed by atoms with Crippen molar-refractivity contribution in [3.05, 3.63) is 60.2 Å². The number of nitrogens with zero attached hydrogens (tertiary/aromatic N) is 1. The normalized spacial score (nSPS) is 10.5. The Labute approximate surface area is 144 Å².